The summed E-state index contributed by atoms with van der Waals surface area (Å²) in [6, 6.07) is 9.48. The molecule has 0 fully saturated rings. The molecule has 0 bridgehead atoms. The number of imidazole rings is 1. The Labute approximate surface area is 142 Å². The summed E-state index contributed by atoms with van der Waals surface area (Å²) < 4.78 is 38.6. The number of alkyl halides is 3. The van der Waals surface area contributed by atoms with Crippen LogP contribution in [0.5, 0.6) is 0 Å². The maximum atomic E-state index is 12.5. The number of aromatic nitrogens is 2. The van der Waals surface area contributed by atoms with E-state index in [9.17, 15) is 18.0 Å². The van der Waals surface area contributed by atoms with E-state index in [-0.39, 0.29) is 23.5 Å². The second-order valence-electron chi connectivity index (χ2n) is 5.35. The summed E-state index contributed by atoms with van der Waals surface area (Å²) in [4.78, 5) is 18.7. The Morgan fingerprint density at radius 1 is 1.33 bits per heavy atom. The highest BCUT2D eigenvalue weighted by atomic mass is 32.2. The van der Waals surface area contributed by atoms with Crippen LogP contribution in [-0.4, -0.2) is 38.8 Å². The fourth-order valence-corrected chi connectivity index (χ4v) is 3.19. The van der Waals surface area contributed by atoms with E-state index in [1.807, 2.05) is 30.3 Å². The number of thioether (sulfide) groups is 1. The van der Waals surface area contributed by atoms with Crippen LogP contribution >= 0.6 is 11.8 Å². The molecule has 8 heteroatoms. The molecule has 0 N–H and O–H groups in total. The van der Waals surface area contributed by atoms with Crippen LogP contribution in [0.2, 0.25) is 0 Å². The van der Waals surface area contributed by atoms with E-state index in [1.54, 1.807) is 14.0 Å². The topological polar surface area (TPSA) is 38.1 Å². The van der Waals surface area contributed by atoms with Crippen LogP contribution in [-0.2, 0) is 17.9 Å². The van der Waals surface area contributed by atoms with E-state index in [0.717, 1.165) is 9.46 Å². The summed E-state index contributed by atoms with van der Waals surface area (Å²) in [5.74, 6) is 0.0468. The molecule has 2 aromatic rings. The molecule has 2 rings (SSSR count). The molecule has 0 spiro atoms. The van der Waals surface area contributed by atoms with Gasteiger partial charge in [-0.1, -0.05) is 18.2 Å². The molecule has 0 aliphatic heterocycles. The van der Waals surface area contributed by atoms with Gasteiger partial charge in [0.25, 0.3) is 0 Å². The predicted octanol–water partition coefficient (Wildman–Crippen LogP) is 3.58. The monoisotopic (exact) mass is 357 g/mol. The summed E-state index contributed by atoms with van der Waals surface area (Å²) in [5.41, 5.74) is 0. The van der Waals surface area contributed by atoms with Crippen LogP contribution in [0.3, 0.4) is 0 Å². The van der Waals surface area contributed by atoms with Gasteiger partial charge >= 0.3 is 6.18 Å². The molecule has 0 radical (unpaired) electrons. The largest absolute Gasteiger partial charge is 0.406 e. The average Bonchev–Trinajstić information content (AvgIpc) is 2.92. The van der Waals surface area contributed by atoms with Gasteiger partial charge in [0.05, 0.1) is 11.8 Å². The lowest BCUT2D eigenvalue weighted by Crippen LogP contribution is -2.34. The third-order valence-electron chi connectivity index (χ3n) is 3.31. The van der Waals surface area contributed by atoms with E-state index >= 15 is 0 Å². The van der Waals surface area contributed by atoms with Crippen LogP contribution in [0.4, 0.5) is 13.2 Å². The predicted molar refractivity (Wildman–Crippen MR) is 86.5 cm³/mol. The van der Waals surface area contributed by atoms with Crippen molar-refractivity contribution in [3.8, 4) is 0 Å². The Hall–Kier alpha value is -1.96. The van der Waals surface area contributed by atoms with Gasteiger partial charge in [0, 0.05) is 24.3 Å². The van der Waals surface area contributed by atoms with Crippen LogP contribution in [0, 0.1) is 0 Å². The second-order valence-corrected chi connectivity index (χ2v) is 6.77. The molecule has 1 atom stereocenters. The van der Waals surface area contributed by atoms with Crippen molar-refractivity contribution < 1.29 is 18.0 Å². The molecule has 130 valence electrons. The van der Waals surface area contributed by atoms with Crippen molar-refractivity contribution in [3.05, 3.63) is 48.5 Å². The standard InChI is InChI=1S/C16H18F3N3OS/c1-12(24-13-6-4-3-5-7-13)15(23)21(2)10-14-20-8-9-22(14)11-16(17,18)19/h3-9,12H,10-11H2,1-2H3. The Kier molecular flexibility index (Phi) is 5.93. The molecule has 0 aliphatic rings. The lowest BCUT2D eigenvalue weighted by molar-refractivity contribution is -0.141. The van der Waals surface area contributed by atoms with Crippen molar-refractivity contribution >= 4 is 17.7 Å². The Balaban J connectivity index is 1.98. The first-order valence-electron chi connectivity index (χ1n) is 7.29. The zero-order chi connectivity index (χ0) is 17.7. The quantitative estimate of drug-likeness (QED) is 0.742. The minimum Gasteiger partial charge on any atom is -0.337 e. The molecule has 4 nitrogen and oxygen atoms in total. The van der Waals surface area contributed by atoms with Crippen LogP contribution < -0.4 is 0 Å². The van der Waals surface area contributed by atoms with E-state index in [1.165, 1.54) is 29.1 Å². The minimum atomic E-state index is -4.32. The molecule has 24 heavy (non-hydrogen) atoms. The van der Waals surface area contributed by atoms with E-state index < -0.39 is 12.7 Å². The van der Waals surface area contributed by atoms with Crippen LogP contribution in [0.25, 0.3) is 0 Å². The number of benzene rings is 1. The first kappa shape index (κ1) is 18.4. The number of rotatable bonds is 6. The van der Waals surface area contributed by atoms with Crippen molar-refractivity contribution in [1.29, 1.82) is 0 Å². The van der Waals surface area contributed by atoms with Gasteiger partial charge in [0.1, 0.15) is 12.4 Å². The Morgan fingerprint density at radius 3 is 2.62 bits per heavy atom. The van der Waals surface area contributed by atoms with Gasteiger partial charge in [-0.15, -0.1) is 11.8 Å². The zero-order valence-electron chi connectivity index (χ0n) is 13.3. The number of hydrogen-bond acceptors (Lipinski definition) is 3. The lowest BCUT2D eigenvalue weighted by atomic mass is 10.4. The summed E-state index contributed by atoms with van der Waals surface area (Å²) in [6.45, 7) is 0.693. The van der Waals surface area contributed by atoms with Gasteiger partial charge in [-0.05, 0) is 19.1 Å². The van der Waals surface area contributed by atoms with Gasteiger partial charge in [0.2, 0.25) is 5.91 Å². The van der Waals surface area contributed by atoms with Crippen molar-refractivity contribution in [3.63, 3.8) is 0 Å². The van der Waals surface area contributed by atoms with E-state index in [0.29, 0.717) is 0 Å². The molecule has 1 aromatic heterocycles. The third kappa shape index (κ3) is 5.30. The first-order chi connectivity index (χ1) is 11.3. The fourth-order valence-electron chi connectivity index (χ4n) is 2.18. The van der Waals surface area contributed by atoms with E-state index in [4.69, 9.17) is 0 Å². The average molecular weight is 357 g/mol. The summed E-state index contributed by atoms with van der Waals surface area (Å²) >= 11 is 1.41. The number of carbonyl (C=O) groups is 1. The number of hydrogen-bond donors (Lipinski definition) is 0. The third-order valence-corrected chi connectivity index (χ3v) is 4.41. The van der Waals surface area contributed by atoms with Gasteiger partial charge in [0.15, 0.2) is 0 Å². The number of carbonyl (C=O) groups excluding carboxylic acids is 1. The van der Waals surface area contributed by atoms with Crippen molar-refractivity contribution in [1.82, 2.24) is 14.5 Å². The summed E-state index contributed by atoms with van der Waals surface area (Å²) in [7, 11) is 1.57. The van der Waals surface area contributed by atoms with Gasteiger partial charge in [-0.25, -0.2) is 4.98 Å². The van der Waals surface area contributed by atoms with Gasteiger partial charge in [-0.2, -0.15) is 13.2 Å². The maximum Gasteiger partial charge on any atom is 0.406 e. The van der Waals surface area contributed by atoms with Crippen LogP contribution in [0.15, 0.2) is 47.6 Å². The van der Waals surface area contributed by atoms with E-state index in [2.05, 4.69) is 4.98 Å². The van der Waals surface area contributed by atoms with Crippen LogP contribution in [0.1, 0.15) is 12.7 Å². The molecule has 0 saturated carbocycles. The van der Waals surface area contributed by atoms with Gasteiger partial charge < -0.3 is 9.47 Å². The minimum absolute atomic E-state index is 0.0294. The SMILES string of the molecule is CC(Sc1ccccc1)C(=O)N(C)Cc1nccn1CC(F)(F)F. The summed E-state index contributed by atoms with van der Waals surface area (Å²) in [5, 5.41) is -0.344. The van der Waals surface area contributed by atoms with Gasteiger partial charge in [-0.3, -0.25) is 4.79 Å². The number of nitrogens with zero attached hydrogens (tertiary/aromatic N) is 3. The Morgan fingerprint density at radius 2 is 2.00 bits per heavy atom. The van der Waals surface area contributed by atoms with Crippen molar-refractivity contribution in [2.45, 2.75) is 36.3 Å². The van der Waals surface area contributed by atoms with Crippen molar-refractivity contribution in [2.24, 2.45) is 0 Å². The maximum absolute atomic E-state index is 12.5. The highest BCUT2D eigenvalue weighted by molar-refractivity contribution is 8.00. The highest BCUT2D eigenvalue weighted by Crippen LogP contribution is 2.24. The molecule has 1 heterocycles. The molecule has 1 unspecified atom stereocenters. The Bertz CT molecular complexity index is 673. The number of amides is 1. The molecule has 0 aliphatic carbocycles. The normalized spacial score (nSPS) is 12.9. The molecular weight excluding hydrogens is 339 g/mol. The molecule has 1 amide bonds. The molecule has 1 aromatic carbocycles. The molecule has 0 saturated heterocycles. The van der Waals surface area contributed by atoms with Crippen molar-refractivity contribution in [2.75, 3.05) is 7.05 Å². The molecular formula is C16H18F3N3OS. The second kappa shape index (κ2) is 7.74. The first-order valence-corrected chi connectivity index (χ1v) is 8.17. The summed E-state index contributed by atoms with van der Waals surface area (Å²) in [6.07, 6.45) is -1.75. The smallest absolute Gasteiger partial charge is 0.337 e. The lowest BCUT2D eigenvalue weighted by Gasteiger charge is -2.21. The number of halogens is 3. The highest BCUT2D eigenvalue weighted by Gasteiger charge is 2.29. The zero-order valence-corrected chi connectivity index (χ0v) is 14.1. The fraction of sp³-hybridized carbons (Fsp3) is 0.375.